The molecule has 2 aliphatic carbocycles. The Hall–Kier alpha value is -0.610. The number of likely N-dealkylation sites (tertiary alicyclic amines) is 1. The van der Waals surface area contributed by atoms with Crippen LogP contribution in [0.25, 0.3) is 0 Å². The highest BCUT2D eigenvalue weighted by Gasteiger charge is 2.32. The number of hydrogen-bond donors (Lipinski definition) is 2. The van der Waals surface area contributed by atoms with Crippen molar-refractivity contribution in [2.75, 3.05) is 26.2 Å². The first-order chi connectivity index (χ1) is 9.69. The van der Waals surface area contributed by atoms with Gasteiger partial charge in [-0.25, -0.2) is 0 Å². The van der Waals surface area contributed by atoms with E-state index < -0.39 is 5.97 Å². The molecule has 2 atom stereocenters. The monoisotopic (exact) mass is 280 g/mol. The minimum atomic E-state index is -0.646. The number of carbonyl (C=O) groups is 1. The molecule has 20 heavy (non-hydrogen) atoms. The number of nitrogens with one attached hydrogen (secondary N) is 1. The van der Waals surface area contributed by atoms with Crippen LogP contribution in [0.4, 0.5) is 0 Å². The first-order valence-electron chi connectivity index (χ1n) is 8.36. The molecule has 0 aromatic rings. The number of carboxylic acids is 1. The van der Waals surface area contributed by atoms with Crippen LogP contribution in [0.2, 0.25) is 0 Å². The van der Waals surface area contributed by atoms with E-state index in [9.17, 15) is 4.79 Å². The second kappa shape index (κ2) is 6.44. The van der Waals surface area contributed by atoms with Gasteiger partial charge in [0, 0.05) is 32.1 Å². The first kappa shape index (κ1) is 14.3. The Morgan fingerprint density at radius 3 is 2.50 bits per heavy atom. The largest absolute Gasteiger partial charge is 0.481 e. The smallest absolute Gasteiger partial charge is 0.303 e. The fourth-order valence-electron chi connectivity index (χ4n) is 3.46. The SMILES string of the molecule is O=C(O)CCC1CC(NCC2CC2)CN(CC2CC2)C1. The number of rotatable bonds is 8. The summed E-state index contributed by atoms with van der Waals surface area (Å²) < 4.78 is 0. The summed E-state index contributed by atoms with van der Waals surface area (Å²) >= 11 is 0. The van der Waals surface area contributed by atoms with Crippen molar-refractivity contribution in [3.8, 4) is 0 Å². The van der Waals surface area contributed by atoms with Crippen LogP contribution in [0.5, 0.6) is 0 Å². The molecule has 0 aromatic carbocycles. The maximum Gasteiger partial charge on any atom is 0.303 e. The van der Waals surface area contributed by atoms with E-state index in [-0.39, 0.29) is 0 Å². The van der Waals surface area contributed by atoms with Crippen molar-refractivity contribution in [3.63, 3.8) is 0 Å². The van der Waals surface area contributed by atoms with Gasteiger partial charge in [-0.1, -0.05) is 0 Å². The van der Waals surface area contributed by atoms with Crippen molar-refractivity contribution in [1.29, 1.82) is 0 Å². The molecule has 1 saturated heterocycles. The molecule has 0 amide bonds. The van der Waals surface area contributed by atoms with Crippen molar-refractivity contribution in [3.05, 3.63) is 0 Å². The van der Waals surface area contributed by atoms with E-state index in [1.165, 1.54) is 51.7 Å². The Morgan fingerprint density at radius 1 is 1.10 bits per heavy atom. The lowest BCUT2D eigenvalue weighted by Crippen LogP contribution is -2.50. The van der Waals surface area contributed by atoms with Gasteiger partial charge in [0.1, 0.15) is 0 Å². The lowest BCUT2D eigenvalue weighted by atomic mass is 9.90. The van der Waals surface area contributed by atoms with Gasteiger partial charge in [-0.3, -0.25) is 4.79 Å². The van der Waals surface area contributed by atoms with Crippen LogP contribution in [-0.4, -0.2) is 48.2 Å². The molecule has 3 fully saturated rings. The fraction of sp³-hybridized carbons (Fsp3) is 0.938. The predicted octanol–water partition coefficient (Wildman–Crippen LogP) is 1.95. The number of piperidine rings is 1. The molecular weight excluding hydrogens is 252 g/mol. The van der Waals surface area contributed by atoms with Gasteiger partial charge in [-0.05, 0) is 62.8 Å². The average Bonchev–Trinajstić information content (AvgIpc) is 3.28. The van der Waals surface area contributed by atoms with Crippen LogP contribution in [0, 0.1) is 17.8 Å². The Morgan fingerprint density at radius 2 is 1.85 bits per heavy atom. The van der Waals surface area contributed by atoms with Gasteiger partial charge in [0.15, 0.2) is 0 Å². The van der Waals surface area contributed by atoms with E-state index in [4.69, 9.17) is 5.11 Å². The van der Waals surface area contributed by atoms with Crippen molar-refractivity contribution < 1.29 is 9.90 Å². The van der Waals surface area contributed by atoms with Crippen LogP contribution in [0.1, 0.15) is 44.9 Å². The molecule has 0 aromatic heterocycles. The molecule has 114 valence electrons. The average molecular weight is 280 g/mol. The van der Waals surface area contributed by atoms with Crippen LogP contribution in [0.15, 0.2) is 0 Å². The molecule has 0 bridgehead atoms. The van der Waals surface area contributed by atoms with Crippen molar-refractivity contribution >= 4 is 5.97 Å². The number of nitrogens with zero attached hydrogens (tertiary/aromatic N) is 1. The Bertz CT molecular complexity index is 339. The molecule has 4 nitrogen and oxygen atoms in total. The summed E-state index contributed by atoms with van der Waals surface area (Å²) in [5.74, 6) is 1.77. The van der Waals surface area contributed by atoms with Gasteiger partial charge in [0.05, 0.1) is 0 Å². The van der Waals surface area contributed by atoms with Gasteiger partial charge in [-0.2, -0.15) is 0 Å². The zero-order valence-electron chi connectivity index (χ0n) is 12.4. The third-order valence-corrected chi connectivity index (χ3v) is 4.98. The maximum absolute atomic E-state index is 10.8. The second-order valence-electron chi connectivity index (χ2n) is 7.24. The van der Waals surface area contributed by atoms with Crippen LogP contribution in [-0.2, 0) is 4.79 Å². The van der Waals surface area contributed by atoms with E-state index in [0.29, 0.717) is 18.4 Å². The van der Waals surface area contributed by atoms with Gasteiger partial charge in [0.25, 0.3) is 0 Å². The normalized spacial score (nSPS) is 31.4. The number of carboxylic acid groups (broad SMARTS) is 1. The zero-order valence-corrected chi connectivity index (χ0v) is 12.4. The number of hydrogen-bond acceptors (Lipinski definition) is 3. The van der Waals surface area contributed by atoms with E-state index in [1.807, 2.05) is 0 Å². The Labute approximate surface area is 121 Å². The second-order valence-corrected chi connectivity index (χ2v) is 7.24. The third kappa shape index (κ3) is 4.74. The van der Waals surface area contributed by atoms with E-state index in [2.05, 4.69) is 10.2 Å². The lowest BCUT2D eigenvalue weighted by Gasteiger charge is -2.38. The molecule has 2 saturated carbocycles. The maximum atomic E-state index is 10.8. The molecule has 2 unspecified atom stereocenters. The van der Waals surface area contributed by atoms with Gasteiger partial charge >= 0.3 is 5.97 Å². The highest BCUT2D eigenvalue weighted by Crippen LogP contribution is 2.32. The van der Waals surface area contributed by atoms with Crippen LogP contribution in [0.3, 0.4) is 0 Å². The summed E-state index contributed by atoms with van der Waals surface area (Å²) in [6.45, 7) is 4.71. The van der Waals surface area contributed by atoms with Gasteiger partial charge in [0.2, 0.25) is 0 Å². The van der Waals surface area contributed by atoms with Crippen molar-refractivity contribution in [1.82, 2.24) is 10.2 Å². The molecule has 2 N–H and O–H groups in total. The predicted molar refractivity (Wildman–Crippen MR) is 78.7 cm³/mol. The summed E-state index contributed by atoms with van der Waals surface area (Å²) in [6.07, 6.45) is 7.94. The summed E-state index contributed by atoms with van der Waals surface area (Å²) in [5.41, 5.74) is 0. The van der Waals surface area contributed by atoms with Crippen molar-refractivity contribution in [2.24, 2.45) is 17.8 Å². The third-order valence-electron chi connectivity index (χ3n) is 4.98. The topological polar surface area (TPSA) is 52.6 Å². The van der Waals surface area contributed by atoms with Gasteiger partial charge < -0.3 is 15.3 Å². The van der Waals surface area contributed by atoms with E-state index in [1.54, 1.807) is 0 Å². The lowest BCUT2D eigenvalue weighted by molar-refractivity contribution is -0.137. The molecule has 3 rings (SSSR count). The quantitative estimate of drug-likeness (QED) is 0.713. The molecular formula is C16H28N2O2. The molecule has 3 aliphatic rings. The molecule has 0 radical (unpaired) electrons. The number of aliphatic carboxylic acids is 1. The fourth-order valence-corrected chi connectivity index (χ4v) is 3.46. The summed E-state index contributed by atoms with van der Waals surface area (Å²) in [6, 6.07) is 0.585. The van der Waals surface area contributed by atoms with Crippen LogP contribution >= 0.6 is 0 Å². The minimum Gasteiger partial charge on any atom is -0.481 e. The molecule has 1 heterocycles. The molecule has 4 heteroatoms. The standard InChI is InChI=1S/C16H28N2O2/c19-16(20)6-5-14-7-15(17-8-12-1-2-12)11-18(10-14)9-13-3-4-13/h12-15,17H,1-11H2,(H,19,20). The summed E-state index contributed by atoms with van der Waals surface area (Å²) in [7, 11) is 0. The highest BCUT2D eigenvalue weighted by molar-refractivity contribution is 5.66. The zero-order chi connectivity index (χ0) is 13.9. The first-order valence-corrected chi connectivity index (χ1v) is 8.36. The van der Waals surface area contributed by atoms with Crippen molar-refractivity contribution in [2.45, 2.75) is 51.0 Å². The van der Waals surface area contributed by atoms with Gasteiger partial charge in [-0.15, -0.1) is 0 Å². The summed E-state index contributed by atoms with van der Waals surface area (Å²) in [5, 5.41) is 12.6. The molecule has 0 spiro atoms. The minimum absolute atomic E-state index is 0.331. The molecule has 1 aliphatic heterocycles. The Balaban J connectivity index is 1.47. The van der Waals surface area contributed by atoms with E-state index in [0.717, 1.165) is 24.8 Å². The Kier molecular flexibility index (Phi) is 4.61. The highest BCUT2D eigenvalue weighted by atomic mass is 16.4. The summed E-state index contributed by atoms with van der Waals surface area (Å²) in [4.78, 5) is 13.4. The van der Waals surface area contributed by atoms with Crippen LogP contribution < -0.4 is 5.32 Å². The van der Waals surface area contributed by atoms with E-state index >= 15 is 0 Å².